The molecule has 1 heterocycles. The summed E-state index contributed by atoms with van der Waals surface area (Å²) in [5.41, 5.74) is 2.41. The summed E-state index contributed by atoms with van der Waals surface area (Å²) < 4.78 is 0. The van der Waals surface area contributed by atoms with Gasteiger partial charge in [-0.05, 0) is 26.0 Å². The van der Waals surface area contributed by atoms with E-state index in [0.717, 1.165) is 17.1 Å². The molecular weight excluding hydrogens is 257 g/mol. The van der Waals surface area contributed by atoms with Crippen molar-refractivity contribution in [2.24, 2.45) is 0 Å². The van der Waals surface area contributed by atoms with Crippen molar-refractivity contribution in [1.29, 1.82) is 0 Å². The Morgan fingerprint density at radius 2 is 1.65 bits per heavy atom. The molecule has 88 valence electrons. The van der Waals surface area contributed by atoms with Crippen LogP contribution in [0.1, 0.15) is 11.4 Å². The van der Waals surface area contributed by atoms with Gasteiger partial charge in [-0.3, -0.25) is 0 Å². The molecule has 0 aliphatic rings. The van der Waals surface area contributed by atoms with Gasteiger partial charge in [0.2, 0.25) is 0 Å². The zero-order valence-corrected chi connectivity index (χ0v) is 11.0. The van der Waals surface area contributed by atoms with E-state index in [2.05, 4.69) is 15.3 Å². The Morgan fingerprint density at radius 1 is 1.00 bits per heavy atom. The van der Waals surface area contributed by atoms with Crippen molar-refractivity contribution in [2.75, 3.05) is 5.32 Å². The number of benzene rings is 1. The van der Waals surface area contributed by atoms with Crippen LogP contribution in [0.25, 0.3) is 0 Å². The number of nitrogens with one attached hydrogen (secondary N) is 1. The van der Waals surface area contributed by atoms with Crippen LogP contribution in [-0.2, 0) is 0 Å². The van der Waals surface area contributed by atoms with Gasteiger partial charge in [-0.25, -0.2) is 9.97 Å². The lowest BCUT2D eigenvalue weighted by Gasteiger charge is -2.10. The van der Waals surface area contributed by atoms with E-state index in [-0.39, 0.29) is 0 Å². The molecule has 0 radical (unpaired) electrons. The standard InChI is InChI=1S/C12H11Cl2N3/c1-7-8(2)16-12(11(14)15-7)17-10-6-4-3-5-9(10)13/h3-6H,1-2H3,(H,16,17). The third kappa shape index (κ3) is 2.68. The van der Waals surface area contributed by atoms with Crippen molar-refractivity contribution in [3.63, 3.8) is 0 Å². The maximum absolute atomic E-state index is 6.04. The lowest BCUT2D eigenvalue weighted by molar-refractivity contribution is 1.05. The normalized spacial score (nSPS) is 10.4. The quantitative estimate of drug-likeness (QED) is 0.889. The SMILES string of the molecule is Cc1nc(Cl)c(Nc2ccccc2Cl)nc1C. The molecule has 0 bridgehead atoms. The molecule has 1 N–H and O–H groups in total. The molecule has 0 spiro atoms. The molecule has 0 saturated carbocycles. The third-order valence-electron chi connectivity index (χ3n) is 2.39. The summed E-state index contributed by atoms with van der Waals surface area (Å²) in [4.78, 5) is 8.54. The van der Waals surface area contributed by atoms with Gasteiger partial charge in [0.1, 0.15) is 0 Å². The van der Waals surface area contributed by atoms with Crippen molar-refractivity contribution in [3.8, 4) is 0 Å². The minimum Gasteiger partial charge on any atom is -0.336 e. The Bertz CT molecular complexity index is 555. The molecule has 0 unspecified atom stereocenters. The number of aromatic nitrogens is 2. The van der Waals surface area contributed by atoms with Crippen LogP contribution >= 0.6 is 23.2 Å². The van der Waals surface area contributed by atoms with Crippen LogP contribution in [0.3, 0.4) is 0 Å². The highest BCUT2D eigenvalue weighted by atomic mass is 35.5. The van der Waals surface area contributed by atoms with E-state index in [9.17, 15) is 0 Å². The van der Waals surface area contributed by atoms with Crippen LogP contribution in [0.2, 0.25) is 10.2 Å². The molecule has 0 amide bonds. The first-order valence-corrected chi connectivity index (χ1v) is 5.86. The van der Waals surface area contributed by atoms with E-state index >= 15 is 0 Å². The van der Waals surface area contributed by atoms with Gasteiger partial charge in [0, 0.05) is 0 Å². The van der Waals surface area contributed by atoms with Crippen LogP contribution < -0.4 is 5.32 Å². The number of hydrogen-bond acceptors (Lipinski definition) is 3. The van der Waals surface area contributed by atoms with Gasteiger partial charge in [0.25, 0.3) is 0 Å². The summed E-state index contributed by atoms with van der Waals surface area (Å²) in [7, 11) is 0. The van der Waals surface area contributed by atoms with E-state index < -0.39 is 0 Å². The zero-order chi connectivity index (χ0) is 12.4. The van der Waals surface area contributed by atoms with Crippen LogP contribution in [-0.4, -0.2) is 9.97 Å². The molecule has 1 aromatic heterocycles. The highest BCUT2D eigenvalue weighted by Crippen LogP contribution is 2.27. The number of nitrogens with zero attached hydrogens (tertiary/aromatic N) is 2. The van der Waals surface area contributed by atoms with E-state index in [0.29, 0.717) is 16.0 Å². The van der Waals surface area contributed by atoms with Gasteiger partial charge in [-0.15, -0.1) is 0 Å². The summed E-state index contributed by atoms with van der Waals surface area (Å²) in [6.07, 6.45) is 0. The van der Waals surface area contributed by atoms with E-state index in [1.54, 1.807) is 6.07 Å². The van der Waals surface area contributed by atoms with Crippen LogP contribution in [0, 0.1) is 13.8 Å². The molecular formula is C12H11Cl2N3. The van der Waals surface area contributed by atoms with Crippen molar-refractivity contribution >= 4 is 34.7 Å². The molecule has 5 heteroatoms. The Morgan fingerprint density at radius 3 is 2.35 bits per heavy atom. The Balaban J connectivity index is 2.37. The summed E-state index contributed by atoms with van der Waals surface area (Å²) in [6, 6.07) is 7.40. The topological polar surface area (TPSA) is 37.8 Å². The molecule has 0 atom stereocenters. The molecule has 2 rings (SSSR count). The fraction of sp³-hybridized carbons (Fsp3) is 0.167. The molecule has 0 saturated heterocycles. The van der Waals surface area contributed by atoms with E-state index in [4.69, 9.17) is 23.2 Å². The van der Waals surface area contributed by atoms with Gasteiger partial charge in [-0.2, -0.15) is 0 Å². The molecule has 0 fully saturated rings. The Kier molecular flexibility index (Phi) is 3.50. The molecule has 17 heavy (non-hydrogen) atoms. The first-order chi connectivity index (χ1) is 8.08. The lowest BCUT2D eigenvalue weighted by Crippen LogP contribution is -2.01. The van der Waals surface area contributed by atoms with Crippen molar-refractivity contribution in [2.45, 2.75) is 13.8 Å². The molecule has 0 aliphatic heterocycles. The first-order valence-electron chi connectivity index (χ1n) is 5.10. The average Bonchev–Trinajstić information content (AvgIpc) is 2.29. The summed E-state index contributed by atoms with van der Waals surface area (Å²) in [5, 5.41) is 4.03. The number of anilines is 2. The van der Waals surface area contributed by atoms with Crippen LogP contribution in [0.4, 0.5) is 11.5 Å². The summed E-state index contributed by atoms with van der Waals surface area (Å²) in [5.74, 6) is 0.517. The number of hydrogen-bond donors (Lipinski definition) is 1. The third-order valence-corrected chi connectivity index (χ3v) is 2.98. The van der Waals surface area contributed by atoms with Crippen molar-refractivity contribution in [3.05, 3.63) is 45.8 Å². The van der Waals surface area contributed by atoms with Gasteiger partial charge >= 0.3 is 0 Å². The molecule has 0 aliphatic carbocycles. The predicted octanol–water partition coefficient (Wildman–Crippen LogP) is 4.14. The van der Waals surface area contributed by atoms with Gasteiger partial charge < -0.3 is 5.32 Å². The zero-order valence-electron chi connectivity index (χ0n) is 9.46. The average molecular weight is 268 g/mol. The maximum atomic E-state index is 6.04. The largest absolute Gasteiger partial charge is 0.336 e. The highest BCUT2D eigenvalue weighted by molar-refractivity contribution is 6.34. The van der Waals surface area contributed by atoms with E-state index in [1.165, 1.54) is 0 Å². The molecule has 2 aromatic rings. The van der Waals surface area contributed by atoms with Crippen LogP contribution in [0.15, 0.2) is 24.3 Å². The van der Waals surface area contributed by atoms with Gasteiger partial charge in [-0.1, -0.05) is 35.3 Å². The molecule has 3 nitrogen and oxygen atoms in total. The second-order valence-electron chi connectivity index (χ2n) is 3.64. The van der Waals surface area contributed by atoms with Crippen LogP contribution in [0.5, 0.6) is 0 Å². The summed E-state index contributed by atoms with van der Waals surface area (Å²) in [6.45, 7) is 3.75. The van der Waals surface area contributed by atoms with E-state index in [1.807, 2.05) is 32.0 Å². The molecule has 1 aromatic carbocycles. The Labute approximate surface area is 110 Å². The summed E-state index contributed by atoms with van der Waals surface area (Å²) >= 11 is 12.1. The lowest BCUT2D eigenvalue weighted by atomic mass is 10.3. The number of halogens is 2. The monoisotopic (exact) mass is 267 g/mol. The highest BCUT2D eigenvalue weighted by Gasteiger charge is 2.08. The second kappa shape index (κ2) is 4.90. The second-order valence-corrected chi connectivity index (χ2v) is 4.40. The van der Waals surface area contributed by atoms with Crippen molar-refractivity contribution in [1.82, 2.24) is 9.97 Å². The smallest absolute Gasteiger partial charge is 0.172 e. The minimum absolute atomic E-state index is 0.341. The van der Waals surface area contributed by atoms with Crippen molar-refractivity contribution < 1.29 is 0 Å². The minimum atomic E-state index is 0.341. The Hall–Kier alpha value is -1.32. The number of aryl methyl sites for hydroxylation is 2. The first kappa shape index (κ1) is 12.1. The fourth-order valence-electron chi connectivity index (χ4n) is 1.35. The van der Waals surface area contributed by atoms with Gasteiger partial charge in [0.15, 0.2) is 11.0 Å². The fourth-order valence-corrected chi connectivity index (χ4v) is 1.74. The maximum Gasteiger partial charge on any atom is 0.172 e. The van der Waals surface area contributed by atoms with Gasteiger partial charge in [0.05, 0.1) is 22.1 Å². The number of para-hydroxylation sites is 1. The predicted molar refractivity (Wildman–Crippen MR) is 71.3 cm³/mol. The number of rotatable bonds is 2.